The lowest BCUT2D eigenvalue weighted by Crippen LogP contribution is -2.55. The van der Waals surface area contributed by atoms with E-state index in [2.05, 4.69) is 5.92 Å². The van der Waals surface area contributed by atoms with Crippen molar-refractivity contribution in [1.82, 2.24) is 0 Å². The molecule has 0 saturated carbocycles. The van der Waals surface area contributed by atoms with Gasteiger partial charge in [-0.2, -0.15) is 0 Å². The Labute approximate surface area is 133 Å². The van der Waals surface area contributed by atoms with Crippen molar-refractivity contribution in [2.75, 3.05) is 6.61 Å². The third-order valence-corrected chi connectivity index (χ3v) is 4.70. The van der Waals surface area contributed by atoms with Gasteiger partial charge < -0.3 is 18.9 Å². The van der Waals surface area contributed by atoms with E-state index in [0.717, 1.165) is 4.90 Å². The fraction of sp³-hybridized carbons (Fsp3) is 0.438. The normalized spacial score (nSPS) is 33.5. The van der Waals surface area contributed by atoms with Crippen LogP contribution in [0.25, 0.3) is 0 Å². The van der Waals surface area contributed by atoms with Gasteiger partial charge in [0, 0.05) is 4.90 Å². The summed E-state index contributed by atoms with van der Waals surface area (Å²) in [7, 11) is 0. The zero-order chi connectivity index (χ0) is 15.5. The molecule has 0 radical (unpaired) electrons. The molecule has 0 aliphatic carbocycles. The Balaban J connectivity index is 1.80. The van der Waals surface area contributed by atoms with E-state index in [9.17, 15) is 4.79 Å². The van der Waals surface area contributed by atoms with Crippen molar-refractivity contribution >= 4 is 17.9 Å². The highest BCUT2D eigenvalue weighted by Gasteiger charge is 2.53. The topological polar surface area (TPSA) is 54.0 Å². The van der Waals surface area contributed by atoms with Crippen LogP contribution in [0.15, 0.2) is 35.2 Å². The van der Waals surface area contributed by atoms with E-state index in [0.29, 0.717) is 0 Å². The van der Waals surface area contributed by atoms with Crippen molar-refractivity contribution in [1.29, 1.82) is 0 Å². The lowest BCUT2D eigenvalue weighted by atomic mass is 10.0. The molecule has 6 heteroatoms. The van der Waals surface area contributed by atoms with Crippen molar-refractivity contribution in [2.45, 2.75) is 41.7 Å². The zero-order valence-corrected chi connectivity index (χ0v) is 12.8. The molecule has 2 heterocycles. The van der Waals surface area contributed by atoms with Crippen LogP contribution in [0.5, 0.6) is 0 Å². The minimum atomic E-state index is -0.690. The second-order valence-corrected chi connectivity index (χ2v) is 6.21. The lowest BCUT2D eigenvalue weighted by molar-refractivity contribution is -0.165. The van der Waals surface area contributed by atoms with Crippen LogP contribution in [0, 0.1) is 12.3 Å². The first kappa shape index (κ1) is 15.2. The molecule has 0 spiro atoms. The van der Waals surface area contributed by atoms with Gasteiger partial charge in [0.15, 0.2) is 12.2 Å². The largest absolute Gasteiger partial charge is 0.509 e. The van der Waals surface area contributed by atoms with E-state index in [4.69, 9.17) is 25.4 Å². The number of fused-ring (bicyclic) bond motifs is 1. The summed E-state index contributed by atoms with van der Waals surface area (Å²) in [6, 6.07) is 9.82. The Bertz CT molecular complexity index is 570. The van der Waals surface area contributed by atoms with E-state index in [1.54, 1.807) is 0 Å². The first-order valence-corrected chi connectivity index (χ1v) is 7.86. The van der Waals surface area contributed by atoms with Crippen molar-refractivity contribution in [3.63, 3.8) is 0 Å². The molecule has 1 aromatic rings. The number of carbonyl (C=O) groups excluding carboxylic acids is 1. The number of terminal acetylenes is 1. The molecule has 1 aromatic carbocycles. The molecular weight excluding hydrogens is 304 g/mol. The highest BCUT2D eigenvalue weighted by Crippen LogP contribution is 2.39. The lowest BCUT2D eigenvalue weighted by Gasteiger charge is -2.39. The number of hydrogen-bond donors (Lipinski definition) is 0. The number of hydrogen-bond acceptors (Lipinski definition) is 6. The standard InChI is InChI=1S/C16H16O5S/c1-3-9-18-14-13-12(20-16(17)21-13)10(2)19-15(14)22-11-7-5-4-6-8-11/h1,4-8,10,12-15H,9H2,2H3/t10-,12-,13+,14+,15+/m0/s1. The molecule has 0 unspecified atom stereocenters. The van der Waals surface area contributed by atoms with Gasteiger partial charge in [-0.15, -0.1) is 6.42 Å². The van der Waals surface area contributed by atoms with Gasteiger partial charge in [-0.3, -0.25) is 0 Å². The number of rotatable bonds is 4. The molecule has 2 aliphatic heterocycles. The molecule has 0 N–H and O–H groups in total. The summed E-state index contributed by atoms with van der Waals surface area (Å²) in [5.74, 6) is 2.43. The molecule has 5 atom stereocenters. The molecule has 0 bridgehead atoms. The molecule has 22 heavy (non-hydrogen) atoms. The quantitative estimate of drug-likeness (QED) is 0.627. The summed E-state index contributed by atoms with van der Waals surface area (Å²) in [6.07, 6.45) is 2.85. The van der Waals surface area contributed by atoms with E-state index in [-0.39, 0.29) is 18.1 Å². The molecule has 116 valence electrons. The summed E-state index contributed by atoms with van der Waals surface area (Å²) >= 11 is 1.51. The maximum absolute atomic E-state index is 11.4. The van der Waals surface area contributed by atoms with Crippen molar-refractivity contribution in [3.05, 3.63) is 30.3 Å². The number of thioether (sulfide) groups is 1. The van der Waals surface area contributed by atoms with Gasteiger partial charge in [0.05, 0.1) is 6.10 Å². The maximum Gasteiger partial charge on any atom is 0.509 e. The van der Waals surface area contributed by atoms with Gasteiger partial charge in [-0.05, 0) is 19.1 Å². The SMILES string of the molecule is C#CCO[C@@H]1[C@@H]2OC(=O)O[C@H]2[C@H](C)O[C@@H]1Sc1ccccc1. The average Bonchev–Trinajstić information content (AvgIpc) is 2.90. The first-order chi connectivity index (χ1) is 10.7. The fourth-order valence-electron chi connectivity index (χ4n) is 2.57. The first-order valence-electron chi connectivity index (χ1n) is 6.98. The van der Waals surface area contributed by atoms with Crippen molar-refractivity contribution < 1.29 is 23.7 Å². The second kappa shape index (κ2) is 6.61. The van der Waals surface area contributed by atoms with Crippen LogP contribution in [0.3, 0.4) is 0 Å². The Morgan fingerprint density at radius 1 is 1.27 bits per heavy atom. The van der Waals surface area contributed by atoms with Gasteiger partial charge in [0.2, 0.25) is 0 Å². The predicted octanol–water partition coefficient (Wildman–Crippen LogP) is 2.45. The van der Waals surface area contributed by atoms with E-state index < -0.39 is 24.5 Å². The molecule has 0 amide bonds. The van der Waals surface area contributed by atoms with Crippen LogP contribution in [0.2, 0.25) is 0 Å². The monoisotopic (exact) mass is 320 g/mol. The summed E-state index contributed by atoms with van der Waals surface area (Å²) in [4.78, 5) is 12.5. The Kier molecular flexibility index (Phi) is 4.57. The Hall–Kier alpha value is -1.68. The van der Waals surface area contributed by atoms with Gasteiger partial charge in [0.25, 0.3) is 0 Å². The summed E-state index contributed by atoms with van der Waals surface area (Å²) < 4.78 is 22.1. The van der Waals surface area contributed by atoms with Gasteiger partial charge in [0.1, 0.15) is 18.1 Å². The van der Waals surface area contributed by atoms with Crippen LogP contribution in [0.4, 0.5) is 4.79 Å². The highest BCUT2D eigenvalue weighted by atomic mass is 32.2. The average molecular weight is 320 g/mol. The Morgan fingerprint density at radius 3 is 2.73 bits per heavy atom. The second-order valence-electron chi connectivity index (χ2n) is 5.04. The van der Waals surface area contributed by atoms with Crippen LogP contribution in [0.1, 0.15) is 6.92 Å². The minimum absolute atomic E-state index is 0.120. The molecular formula is C16H16O5S. The van der Waals surface area contributed by atoms with E-state index >= 15 is 0 Å². The molecule has 5 nitrogen and oxygen atoms in total. The van der Waals surface area contributed by atoms with Crippen LogP contribution in [-0.4, -0.2) is 42.6 Å². The van der Waals surface area contributed by atoms with Crippen LogP contribution in [-0.2, 0) is 18.9 Å². The smallest absolute Gasteiger partial charge is 0.424 e. The van der Waals surface area contributed by atoms with Gasteiger partial charge in [-0.1, -0.05) is 35.9 Å². The van der Waals surface area contributed by atoms with Crippen LogP contribution < -0.4 is 0 Å². The predicted molar refractivity (Wildman–Crippen MR) is 80.3 cm³/mol. The fourth-order valence-corrected chi connectivity index (χ4v) is 3.75. The molecule has 2 aliphatic rings. The summed E-state index contributed by atoms with van der Waals surface area (Å²) in [5.41, 5.74) is -0.332. The molecule has 2 saturated heterocycles. The molecule has 3 rings (SSSR count). The maximum atomic E-state index is 11.4. The number of ether oxygens (including phenoxy) is 4. The zero-order valence-electron chi connectivity index (χ0n) is 12.0. The van der Waals surface area contributed by atoms with E-state index in [1.807, 2.05) is 37.3 Å². The molecule has 2 fully saturated rings. The number of carbonyl (C=O) groups is 1. The highest BCUT2D eigenvalue weighted by molar-refractivity contribution is 7.99. The summed E-state index contributed by atoms with van der Waals surface area (Å²) in [5, 5.41) is 0. The Morgan fingerprint density at radius 2 is 2.00 bits per heavy atom. The van der Waals surface area contributed by atoms with Gasteiger partial charge >= 0.3 is 6.16 Å². The third kappa shape index (κ3) is 3.07. The van der Waals surface area contributed by atoms with Crippen molar-refractivity contribution in [2.24, 2.45) is 0 Å². The van der Waals surface area contributed by atoms with Gasteiger partial charge in [-0.25, -0.2) is 4.79 Å². The minimum Gasteiger partial charge on any atom is -0.424 e. The number of benzene rings is 1. The molecule has 0 aromatic heterocycles. The van der Waals surface area contributed by atoms with Crippen LogP contribution >= 0.6 is 11.8 Å². The third-order valence-electron chi connectivity index (χ3n) is 3.55. The van der Waals surface area contributed by atoms with E-state index in [1.165, 1.54) is 11.8 Å². The van der Waals surface area contributed by atoms with Crippen molar-refractivity contribution in [3.8, 4) is 12.3 Å². The summed E-state index contributed by atoms with van der Waals surface area (Å²) in [6.45, 7) is 1.98.